The van der Waals surface area contributed by atoms with Crippen molar-refractivity contribution >= 4 is 11.8 Å². The van der Waals surface area contributed by atoms with Crippen molar-refractivity contribution in [2.45, 2.75) is 26.2 Å². The maximum Gasteiger partial charge on any atom is 0.319 e. The van der Waals surface area contributed by atoms with E-state index in [4.69, 9.17) is 0 Å². The van der Waals surface area contributed by atoms with Gasteiger partial charge in [-0.05, 0) is 19.8 Å². The van der Waals surface area contributed by atoms with Gasteiger partial charge in [0, 0.05) is 6.42 Å². The van der Waals surface area contributed by atoms with Crippen molar-refractivity contribution in [2.75, 3.05) is 7.11 Å². The fraction of sp³-hybridized carbons (Fsp3) is 0.750. The molecule has 0 aromatic carbocycles. The molecule has 3 heteroatoms. The van der Waals surface area contributed by atoms with Gasteiger partial charge in [0.15, 0.2) is 0 Å². The lowest BCUT2D eigenvalue weighted by molar-refractivity contribution is -0.155. The molecular weight excluding hydrogens is 144 g/mol. The van der Waals surface area contributed by atoms with Gasteiger partial charge in [-0.15, -0.1) is 0 Å². The van der Waals surface area contributed by atoms with E-state index < -0.39 is 5.41 Å². The number of carbonyl (C=O) groups excluding carboxylic acids is 2. The molecular formula is C8H12O3. The Morgan fingerprint density at radius 1 is 1.64 bits per heavy atom. The summed E-state index contributed by atoms with van der Waals surface area (Å²) in [4.78, 5) is 22.3. The van der Waals surface area contributed by atoms with E-state index in [0.29, 0.717) is 12.8 Å². The van der Waals surface area contributed by atoms with E-state index in [2.05, 4.69) is 4.74 Å². The molecule has 0 N–H and O–H groups in total. The van der Waals surface area contributed by atoms with E-state index in [1.54, 1.807) is 6.92 Å². The van der Waals surface area contributed by atoms with Gasteiger partial charge in [0.05, 0.1) is 7.11 Å². The molecule has 0 radical (unpaired) electrons. The highest BCUT2D eigenvalue weighted by Gasteiger charge is 2.44. The zero-order valence-corrected chi connectivity index (χ0v) is 6.85. The Balaban J connectivity index is 2.80. The predicted octanol–water partition coefficient (Wildman–Crippen LogP) is 0.919. The Labute approximate surface area is 65.7 Å². The van der Waals surface area contributed by atoms with E-state index in [0.717, 1.165) is 6.42 Å². The minimum Gasteiger partial charge on any atom is -0.468 e. The van der Waals surface area contributed by atoms with Crippen molar-refractivity contribution in [2.24, 2.45) is 5.41 Å². The molecule has 0 bridgehead atoms. The standard InChI is InChI=1S/C8H12O3/c1-8(7(10)11-2)5-3-4-6(8)9/h3-5H2,1-2H3/t8-/m1/s1. The van der Waals surface area contributed by atoms with E-state index >= 15 is 0 Å². The lowest BCUT2D eigenvalue weighted by Gasteiger charge is -2.17. The molecule has 0 amide bonds. The average Bonchev–Trinajstić information content (AvgIpc) is 2.32. The molecule has 1 rings (SSSR count). The smallest absolute Gasteiger partial charge is 0.319 e. The molecule has 3 nitrogen and oxygen atoms in total. The van der Waals surface area contributed by atoms with Crippen molar-refractivity contribution in [3.63, 3.8) is 0 Å². The number of esters is 1. The minimum atomic E-state index is -0.839. The Kier molecular flexibility index (Phi) is 1.98. The highest BCUT2D eigenvalue weighted by Crippen LogP contribution is 2.35. The summed E-state index contributed by atoms with van der Waals surface area (Å²) in [5, 5.41) is 0. The summed E-state index contributed by atoms with van der Waals surface area (Å²) in [6.45, 7) is 1.66. The van der Waals surface area contributed by atoms with Gasteiger partial charge in [0.1, 0.15) is 11.2 Å². The first-order chi connectivity index (χ1) is 5.11. The Morgan fingerprint density at radius 3 is 2.64 bits per heavy atom. The molecule has 0 aromatic heterocycles. The molecule has 0 aliphatic heterocycles. The SMILES string of the molecule is COC(=O)[C@]1(C)CCCC1=O. The molecule has 0 aromatic rings. The van der Waals surface area contributed by atoms with Crippen molar-refractivity contribution in [3.05, 3.63) is 0 Å². The second-order valence-corrected chi connectivity index (χ2v) is 3.10. The average molecular weight is 156 g/mol. The third-order valence-corrected chi connectivity index (χ3v) is 2.33. The molecule has 1 fully saturated rings. The maximum absolute atomic E-state index is 11.2. The van der Waals surface area contributed by atoms with Crippen LogP contribution in [0.1, 0.15) is 26.2 Å². The van der Waals surface area contributed by atoms with Crippen LogP contribution in [0, 0.1) is 5.41 Å². The van der Waals surface area contributed by atoms with Gasteiger partial charge in [0.2, 0.25) is 0 Å². The Morgan fingerprint density at radius 2 is 2.27 bits per heavy atom. The highest BCUT2D eigenvalue weighted by molar-refractivity contribution is 6.04. The van der Waals surface area contributed by atoms with Crippen molar-refractivity contribution in [3.8, 4) is 0 Å². The van der Waals surface area contributed by atoms with Crippen LogP contribution in [0.15, 0.2) is 0 Å². The van der Waals surface area contributed by atoms with Crippen molar-refractivity contribution < 1.29 is 14.3 Å². The van der Waals surface area contributed by atoms with E-state index in [-0.39, 0.29) is 11.8 Å². The summed E-state index contributed by atoms with van der Waals surface area (Å²) in [5.41, 5.74) is -0.839. The molecule has 0 spiro atoms. The number of ketones is 1. The predicted molar refractivity (Wildman–Crippen MR) is 39.0 cm³/mol. The van der Waals surface area contributed by atoms with Crippen LogP contribution in [0.2, 0.25) is 0 Å². The first kappa shape index (κ1) is 8.24. The fourth-order valence-corrected chi connectivity index (χ4v) is 1.46. The first-order valence-electron chi connectivity index (χ1n) is 3.73. The molecule has 1 aliphatic carbocycles. The minimum absolute atomic E-state index is 0.0179. The maximum atomic E-state index is 11.2. The van der Waals surface area contributed by atoms with Crippen molar-refractivity contribution in [1.29, 1.82) is 0 Å². The summed E-state index contributed by atoms with van der Waals surface area (Å²) >= 11 is 0. The number of hydrogen-bond donors (Lipinski definition) is 0. The quantitative estimate of drug-likeness (QED) is 0.419. The monoisotopic (exact) mass is 156 g/mol. The van der Waals surface area contributed by atoms with Crippen LogP contribution in [0.3, 0.4) is 0 Å². The van der Waals surface area contributed by atoms with Crippen LogP contribution in [-0.2, 0) is 14.3 Å². The van der Waals surface area contributed by atoms with Gasteiger partial charge in [-0.1, -0.05) is 0 Å². The summed E-state index contributed by atoms with van der Waals surface area (Å²) in [5.74, 6) is -0.371. The molecule has 0 unspecified atom stereocenters. The zero-order valence-electron chi connectivity index (χ0n) is 6.85. The van der Waals surface area contributed by atoms with Crippen LogP contribution < -0.4 is 0 Å². The van der Waals surface area contributed by atoms with E-state index in [9.17, 15) is 9.59 Å². The molecule has 0 heterocycles. The third kappa shape index (κ3) is 1.15. The number of methoxy groups -OCH3 is 1. The lowest BCUT2D eigenvalue weighted by Crippen LogP contribution is -2.32. The molecule has 11 heavy (non-hydrogen) atoms. The summed E-state index contributed by atoms with van der Waals surface area (Å²) in [6, 6.07) is 0. The summed E-state index contributed by atoms with van der Waals surface area (Å²) in [6.07, 6.45) is 1.97. The lowest BCUT2D eigenvalue weighted by atomic mass is 9.88. The molecule has 1 saturated carbocycles. The molecule has 1 aliphatic rings. The topological polar surface area (TPSA) is 43.4 Å². The van der Waals surface area contributed by atoms with Gasteiger partial charge < -0.3 is 4.74 Å². The highest BCUT2D eigenvalue weighted by atomic mass is 16.5. The van der Waals surface area contributed by atoms with Gasteiger partial charge in [-0.25, -0.2) is 0 Å². The fourth-order valence-electron chi connectivity index (χ4n) is 1.46. The second-order valence-electron chi connectivity index (χ2n) is 3.10. The number of ether oxygens (including phenoxy) is 1. The van der Waals surface area contributed by atoms with Crippen molar-refractivity contribution in [1.82, 2.24) is 0 Å². The molecule has 0 saturated heterocycles. The second kappa shape index (κ2) is 2.64. The third-order valence-electron chi connectivity index (χ3n) is 2.33. The summed E-state index contributed by atoms with van der Waals surface area (Å²) in [7, 11) is 1.32. The number of Topliss-reactive ketones (excluding diaryl/α,β-unsaturated/α-hetero) is 1. The first-order valence-corrected chi connectivity index (χ1v) is 3.73. The van der Waals surface area contributed by atoms with Crippen LogP contribution in [-0.4, -0.2) is 18.9 Å². The largest absolute Gasteiger partial charge is 0.468 e. The van der Waals surface area contributed by atoms with Crippen LogP contribution >= 0.6 is 0 Å². The van der Waals surface area contributed by atoms with Gasteiger partial charge >= 0.3 is 5.97 Å². The van der Waals surface area contributed by atoms with Crippen LogP contribution in [0.5, 0.6) is 0 Å². The van der Waals surface area contributed by atoms with Crippen LogP contribution in [0.4, 0.5) is 0 Å². The van der Waals surface area contributed by atoms with E-state index in [1.165, 1.54) is 7.11 Å². The number of carbonyl (C=O) groups is 2. The zero-order chi connectivity index (χ0) is 8.48. The summed E-state index contributed by atoms with van der Waals surface area (Å²) < 4.78 is 4.55. The Hall–Kier alpha value is -0.860. The van der Waals surface area contributed by atoms with Gasteiger partial charge in [-0.2, -0.15) is 0 Å². The number of hydrogen-bond acceptors (Lipinski definition) is 3. The van der Waals surface area contributed by atoms with Gasteiger partial charge in [0.25, 0.3) is 0 Å². The molecule has 1 atom stereocenters. The van der Waals surface area contributed by atoms with Crippen LogP contribution in [0.25, 0.3) is 0 Å². The molecule has 62 valence electrons. The number of rotatable bonds is 1. The van der Waals surface area contributed by atoms with Gasteiger partial charge in [-0.3, -0.25) is 9.59 Å². The Bertz CT molecular complexity index is 198. The normalized spacial score (nSPS) is 30.5. The van der Waals surface area contributed by atoms with E-state index in [1.807, 2.05) is 0 Å².